The maximum Gasteiger partial charge on any atom is 0.219 e. The number of likely N-dealkylation sites (tertiary alicyclic amines) is 1. The second-order valence-electron chi connectivity index (χ2n) is 3.19. The molecule has 0 spiro atoms. The molecule has 1 fully saturated rings. The van der Waals surface area contributed by atoms with E-state index < -0.39 is 0 Å². The number of nitrogens with zero attached hydrogens (tertiary/aromatic N) is 1. The Labute approximate surface area is 68.3 Å². The molecule has 1 amide bonds. The Morgan fingerprint density at radius 1 is 1.36 bits per heavy atom. The zero-order valence-electron chi connectivity index (χ0n) is 7.47. The molecule has 0 aromatic carbocycles. The van der Waals surface area contributed by atoms with Gasteiger partial charge in [0.25, 0.3) is 0 Å². The summed E-state index contributed by atoms with van der Waals surface area (Å²) in [6.07, 6.45) is 2.36. The molecule has 1 aliphatic rings. The number of rotatable bonds is 0. The third kappa shape index (κ3) is 2.89. The van der Waals surface area contributed by atoms with Crippen molar-refractivity contribution in [1.82, 2.24) is 11.1 Å². The van der Waals surface area contributed by atoms with Crippen LogP contribution in [-0.4, -0.2) is 23.9 Å². The van der Waals surface area contributed by atoms with Crippen LogP contribution in [-0.2, 0) is 4.79 Å². The summed E-state index contributed by atoms with van der Waals surface area (Å²) >= 11 is 0. The molecular weight excluding hydrogens is 140 g/mol. The molecular formula is C8H18N2O. The second kappa shape index (κ2) is 4.34. The number of hydrogen-bond donors (Lipinski definition) is 1. The first-order chi connectivity index (χ1) is 4.70. The van der Waals surface area contributed by atoms with Crippen molar-refractivity contribution < 1.29 is 4.79 Å². The molecule has 0 unspecified atom stereocenters. The van der Waals surface area contributed by atoms with Gasteiger partial charge in [0.15, 0.2) is 0 Å². The number of carbonyl (C=O) groups excluding carboxylic acids is 1. The standard InChI is InChI=1S/C8H15NO.H3N/c1-7-3-5-9(6-4-7)8(2)10;/h7H,3-6H2,1-2H3;1H3. The molecule has 11 heavy (non-hydrogen) atoms. The monoisotopic (exact) mass is 158 g/mol. The summed E-state index contributed by atoms with van der Waals surface area (Å²) in [6.45, 7) is 5.83. The molecule has 1 heterocycles. The van der Waals surface area contributed by atoms with Gasteiger partial charge < -0.3 is 11.1 Å². The first-order valence-corrected chi connectivity index (χ1v) is 3.95. The molecule has 0 aliphatic carbocycles. The van der Waals surface area contributed by atoms with E-state index in [4.69, 9.17) is 0 Å². The molecule has 3 heteroatoms. The van der Waals surface area contributed by atoms with Gasteiger partial charge in [0.1, 0.15) is 0 Å². The SMILES string of the molecule is CC(=O)N1CCC(C)CC1.N. The van der Waals surface area contributed by atoms with Crippen molar-refractivity contribution in [2.75, 3.05) is 13.1 Å². The minimum absolute atomic E-state index is 0. The molecule has 1 aliphatic heterocycles. The largest absolute Gasteiger partial charge is 0.344 e. The highest BCUT2D eigenvalue weighted by Crippen LogP contribution is 2.15. The van der Waals surface area contributed by atoms with Crippen molar-refractivity contribution in [2.24, 2.45) is 5.92 Å². The van der Waals surface area contributed by atoms with Crippen LogP contribution >= 0.6 is 0 Å². The lowest BCUT2D eigenvalue weighted by Gasteiger charge is -2.29. The summed E-state index contributed by atoms with van der Waals surface area (Å²) in [7, 11) is 0. The minimum Gasteiger partial charge on any atom is -0.344 e. The fraction of sp³-hybridized carbons (Fsp3) is 0.875. The van der Waals surface area contributed by atoms with E-state index >= 15 is 0 Å². The highest BCUT2D eigenvalue weighted by molar-refractivity contribution is 5.73. The number of hydrogen-bond acceptors (Lipinski definition) is 2. The number of carbonyl (C=O) groups is 1. The average molecular weight is 158 g/mol. The summed E-state index contributed by atoms with van der Waals surface area (Å²) in [5.74, 6) is 1.04. The zero-order valence-corrected chi connectivity index (χ0v) is 7.47. The van der Waals surface area contributed by atoms with Crippen LogP contribution in [0.3, 0.4) is 0 Å². The lowest BCUT2D eigenvalue weighted by molar-refractivity contribution is -0.130. The second-order valence-corrected chi connectivity index (χ2v) is 3.19. The van der Waals surface area contributed by atoms with Crippen LogP contribution in [0.1, 0.15) is 26.7 Å². The zero-order chi connectivity index (χ0) is 7.56. The smallest absolute Gasteiger partial charge is 0.219 e. The third-order valence-electron chi connectivity index (χ3n) is 2.23. The summed E-state index contributed by atoms with van der Waals surface area (Å²) in [6, 6.07) is 0. The van der Waals surface area contributed by atoms with Gasteiger partial charge in [-0.05, 0) is 18.8 Å². The van der Waals surface area contributed by atoms with E-state index in [0.29, 0.717) is 0 Å². The molecule has 1 saturated heterocycles. The van der Waals surface area contributed by atoms with Crippen molar-refractivity contribution in [3.05, 3.63) is 0 Å². The highest BCUT2D eigenvalue weighted by Gasteiger charge is 2.16. The molecule has 0 aromatic rings. The molecule has 0 atom stereocenters. The van der Waals surface area contributed by atoms with Gasteiger partial charge in [-0.1, -0.05) is 6.92 Å². The normalized spacial score (nSPS) is 19.3. The van der Waals surface area contributed by atoms with Gasteiger partial charge in [-0.15, -0.1) is 0 Å². The van der Waals surface area contributed by atoms with Crippen LogP contribution in [0.2, 0.25) is 0 Å². The molecule has 3 nitrogen and oxygen atoms in total. The van der Waals surface area contributed by atoms with Gasteiger partial charge >= 0.3 is 0 Å². The topological polar surface area (TPSA) is 55.3 Å². The molecule has 3 N–H and O–H groups in total. The fourth-order valence-corrected chi connectivity index (χ4v) is 1.32. The molecule has 0 aromatic heterocycles. The number of amides is 1. The van der Waals surface area contributed by atoms with Crippen LogP contribution < -0.4 is 6.15 Å². The van der Waals surface area contributed by atoms with Crippen LogP contribution in [0.4, 0.5) is 0 Å². The van der Waals surface area contributed by atoms with Crippen molar-refractivity contribution in [2.45, 2.75) is 26.7 Å². The molecule has 0 saturated carbocycles. The Morgan fingerprint density at radius 2 is 1.82 bits per heavy atom. The Kier molecular flexibility index (Phi) is 4.11. The van der Waals surface area contributed by atoms with Crippen molar-refractivity contribution in [3.63, 3.8) is 0 Å². The van der Waals surface area contributed by atoms with Crippen molar-refractivity contribution >= 4 is 5.91 Å². The Balaban J connectivity index is 0.000001000. The lowest BCUT2D eigenvalue weighted by Crippen LogP contribution is -2.36. The van der Waals surface area contributed by atoms with Gasteiger partial charge in [0.05, 0.1) is 0 Å². The van der Waals surface area contributed by atoms with Crippen molar-refractivity contribution in [3.8, 4) is 0 Å². The van der Waals surface area contributed by atoms with Gasteiger partial charge in [-0.25, -0.2) is 0 Å². The molecule has 0 radical (unpaired) electrons. The first-order valence-electron chi connectivity index (χ1n) is 3.95. The lowest BCUT2D eigenvalue weighted by atomic mass is 9.99. The molecule has 0 bridgehead atoms. The average Bonchev–Trinajstić information content (AvgIpc) is 1.88. The predicted molar refractivity (Wildman–Crippen MR) is 45.7 cm³/mol. The summed E-state index contributed by atoms with van der Waals surface area (Å²) < 4.78 is 0. The maximum atomic E-state index is 10.8. The van der Waals surface area contributed by atoms with Gasteiger partial charge in [0.2, 0.25) is 5.91 Å². The number of piperidine rings is 1. The van der Waals surface area contributed by atoms with Crippen LogP contribution in [0, 0.1) is 5.92 Å². The van der Waals surface area contributed by atoms with Crippen LogP contribution in [0.25, 0.3) is 0 Å². The highest BCUT2D eigenvalue weighted by atomic mass is 16.2. The van der Waals surface area contributed by atoms with Gasteiger partial charge in [-0.3, -0.25) is 4.79 Å². The van der Waals surface area contributed by atoms with E-state index in [1.807, 2.05) is 4.90 Å². The Morgan fingerprint density at radius 3 is 2.18 bits per heavy atom. The van der Waals surface area contributed by atoms with E-state index in [1.54, 1.807) is 6.92 Å². The van der Waals surface area contributed by atoms with Gasteiger partial charge in [-0.2, -0.15) is 0 Å². The first kappa shape index (κ1) is 10.4. The maximum absolute atomic E-state index is 10.8. The van der Waals surface area contributed by atoms with E-state index in [2.05, 4.69) is 6.92 Å². The minimum atomic E-state index is 0. The van der Waals surface area contributed by atoms with E-state index in [-0.39, 0.29) is 12.1 Å². The fourth-order valence-electron chi connectivity index (χ4n) is 1.32. The summed E-state index contributed by atoms with van der Waals surface area (Å²) in [5, 5.41) is 0. The van der Waals surface area contributed by atoms with Crippen LogP contribution in [0.15, 0.2) is 0 Å². The summed E-state index contributed by atoms with van der Waals surface area (Å²) in [4.78, 5) is 12.8. The van der Waals surface area contributed by atoms with Gasteiger partial charge in [0, 0.05) is 20.0 Å². The molecule has 1 rings (SSSR count). The van der Waals surface area contributed by atoms with Crippen LogP contribution in [0.5, 0.6) is 0 Å². The Hall–Kier alpha value is -0.570. The van der Waals surface area contributed by atoms with Crippen molar-refractivity contribution in [1.29, 1.82) is 0 Å². The predicted octanol–water partition coefficient (Wildman–Crippen LogP) is 1.43. The quantitative estimate of drug-likeness (QED) is 0.579. The third-order valence-corrected chi connectivity index (χ3v) is 2.23. The Bertz CT molecular complexity index is 128. The molecule has 66 valence electrons. The summed E-state index contributed by atoms with van der Waals surface area (Å²) in [5.41, 5.74) is 0. The van der Waals surface area contributed by atoms with E-state index in [1.165, 1.54) is 12.8 Å². The van der Waals surface area contributed by atoms with E-state index in [9.17, 15) is 4.79 Å². The van der Waals surface area contributed by atoms with E-state index in [0.717, 1.165) is 19.0 Å².